The summed E-state index contributed by atoms with van der Waals surface area (Å²) in [5.41, 5.74) is 4.06. The van der Waals surface area contributed by atoms with Gasteiger partial charge in [0.1, 0.15) is 5.75 Å². The normalized spacial score (nSPS) is 20.3. The topological polar surface area (TPSA) is 21.3 Å². The standard InChI is InChI=1S/C14H21NOS/c1-4-16-13-8-10(2)12(7-11(13)3)14-9-15-5-6-17-14/h7-8,14-15H,4-6,9H2,1-3H3. The van der Waals surface area contributed by atoms with Crippen LogP contribution in [0.5, 0.6) is 5.75 Å². The quantitative estimate of drug-likeness (QED) is 0.892. The van der Waals surface area contributed by atoms with E-state index in [9.17, 15) is 0 Å². The zero-order valence-corrected chi connectivity index (χ0v) is 11.7. The van der Waals surface area contributed by atoms with Crippen molar-refractivity contribution < 1.29 is 4.74 Å². The molecule has 1 N–H and O–H groups in total. The summed E-state index contributed by atoms with van der Waals surface area (Å²) in [5.74, 6) is 2.23. The first-order valence-electron chi connectivity index (χ1n) is 6.28. The number of hydrogen-bond donors (Lipinski definition) is 1. The van der Waals surface area contributed by atoms with Crippen LogP contribution in [0.2, 0.25) is 0 Å². The van der Waals surface area contributed by atoms with Crippen molar-refractivity contribution in [3.05, 3.63) is 28.8 Å². The highest BCUT2D eigenvalue weighted by molar-refractivity contribution is 7.99. The maximum absolute atomic E-state index is 5.64. The zero-order chi connectivity index (χ0) is 12.3. The van der Waals surface area contributed by atoms with Crippen LogP contribution in [0.25, 0.3) is 0 Å². The molecular formula is C14H21NOS. The van der Waals surface area contributed by atoms with Crippen LogP contribution in [-0.4, -0.2) is 25.4 Å². The predicted octanol–water partition coefficient (Wildman–Crippen LogP) is 3.08. The molecule has 0 amide bonds. The van der Waals surface area contributed by atoms with Gasteiger partial charge in [0.2, 0.25) is 0 Å². The summed E-state index contributed by atoms with van der Waals surface area (Å²) in [6.07, 6.45) is 0. The Bertz CT molecular complexity index is 386. The maximum atomic E-state index is 5.64. The molecule has 1 fully saturated rings. The summed E-state index contributed by atoms with van der Waals surface area (Å²) in [7, 11) is 0. The minimum absolute atomic E-state index is 0.595. The zero-order valence-electron chi connectivity index (χ0n) is 10.9. The molecule has 1 atom stereocenters. The lowest BCUT2D eigenvalue weighted by molar-refractivity contribution is 0.337. The molecule has 1 unspecified atom stereocenters. The van der Waals surface area contributed by atoms with Crippen LogP contribution in [0.15, 0.2) is 12.1 Å². The fourth-order valence-electron chi connectivity index (χ4n) is 2.24. The Labute approximate surface area is 108 Å². The van der Waals surface area contributed by atoms with Crippen molar-refractivity contribution in [1.29, 1.82) is 0 Å². The van der Waals surface area contributed by atoms with Gasteiger partial charge in [-0.3, -0.25) is 0 Å². The Hall–Kier alpha value is -0.670. The van der Waals surface area contributed by atoms with E-state index in [1.807, 2.05) is 6.92 Å². The van der Waals surface area contributed by atoms with E-state index in [1.165, 1.54) is 22.4 Å². The molecule has 3 heteroatoms. The van der Waals surface area contributed by atoms with E-state index in [2.05, 4.69) is 43.1 Å². The van der Waals surface area contributed by atoms with E-state index in [0.717, 1.165) is 25.4 Å². The average Bonchev–Trinajstić information content (AvgIpc) is 2.35. The van der Waals surface area contributed by atoms with Crippen molar-refractivity contribution in [3.8, 4) is 5.75 Å². The number of benzene rings is 1. The van der Waals surface area contributed by atoms with Crippen molar-refractivity contribution in [2.24, 2.45) is 0 Å². The third-order valence-electron chi connectivity index (χ3n) is 3.14. The number of nitrogens with one attached hydrogen (secondary N) is 1. The Morgan fingerprint density at radius 3 is 2.82 bits per heavy atom. The molecule has 0 spiro atoms. The van der Waals surface area contributed by atoms with Crippen LogP contribution in [0, 0.1) is 13.8 Å². The summed E-state index contributed by atoms with van der Waals surface area (Å²) in [6.45, 7) is 9.30. The highest BCUT2D eigenvalue weighted by Crippen LogP contribution is 2.35. The first kappa shape index (κ1) is 12.8. The number of ether oxygens (including phenoxy) is 1. The summed E-state index contributed by atoms with van der Waals surface area (Å²) in [6, 6.07) is 4.48. The van der Waals surface area contributed by atoms with E-state index < -0.39 is 0 Å². The van der Waals surface area contributed by atoms with Gasteiger partial charge in [0.15, 0.2) is 0 Å². The SMILES string of the molecule is CCOc1cc(C)c(C2CNCCS2)cc1C. The fourth-order valence-corrected chi connectivity index (χ4v) is 3.45. The van der Waals surface area contributed by atoms with Crippen LogP contribution in [-0.2, 0) is 0 Å². The third kappa shape index (κ3) is 2.96. The molecule has 1 aromatic carbocycles. The largest absolute Gasteiger partial charge is 0.494 e. The van der Waals surface area contributed by atoms with Crippen LogP contribution in [0.3, 0.4) is 0 Å². The lowest BCUT2D eigenvalue weighted by atomic mass is 10.0. The van der Waals surface area contributed by atoms with Crippen LogP contribution < -0.4 is 10.1 Å². The molecule has 0 aliphatic carbocycles. The van der Waals surface area contributed by atoms with Gasteiger partial charge >= 0.3 is 0 Å². The highest BCUT2D eigenvalue weighted by atomic mass is 32.2. The van der Waals surface area contributed by atoms with E-state index in [1.54, 1.807) is 0 Å². The van der Waals surface area contributed by atoms with E-state index in [-0.39, 0.29) is 0 Å². The summed E-state index contributed by atoms with van der Waals surface area (Å²) in [4.78, 5) is 0. The van der Waals surface area contributed by atoms with Crippen LogP contribution in [0.1, 0.15) is 28.9 Å². The Morgan fingerprint density at radius 2 is 2.18 bits per heavy atom. The lowest BCUT2D eigenvalue weighted by Gasteiger charge is -2.25. The predicted molar refractivity (Wildman–Crippen MR) is 75.2 cm³/mol. The molecule has 1 heterocycles. The van der Waals surface area contributed by atoms with Crippen molar-refractivity contribution in [3.63, 3.8) is 0 Å². The second-order valence-corrected chi connectivity index (χ2v) is 5.78. The molecule has 94 valence electrons. The van der Waals surface area contributed by atoms with E-state index in [0.29, 0.717) is 5.25 Å². The van der Waals surface area contributed by atoms with Gasteiger partial charge in [0.25, 0.3) is 0 Å². The van der Waals surface area contributed by atoms with Gasteiger partial charge in [-0.2, -0.15) is 11.8 Å². The maximum Gasteiger partial charge on any atom is 0.122 e. The van der Waals surface area contributed by atoms with Gasteiger partial charge in [0.05, 0.1) is 6.61 Å². The Kier molecular flexibility index (Phi) is 4.35. The number of thioether (sulfide) groups is 1. The highest BCUT2D eigenvalue weighted by Gasteiger charge is 2.18. The van der Waals surface area contributed by atoms with E-state index >= 15 is 0 Å². The van der Waals surface area contributed by atoms with Crippen molar-refractivity contribution in [1.82, 2.24) is 5.32 Å². The summed E-state index contributed by atoms with van der Waals surface area (Å²) < 4.78 is 5.64. The second-order valence-electron chi connectivity index (χ2n) is 4.47. The molecular weight excluding hydrogens is 230 g/mol. The molecule has 17 heavy (non-hydrogen) atoms. The minimum Gasteiger partial charge on any atom is -0.494 e. The molecule has 0 aromatic heterocycles. The van der Waals surface area contributed by atoms with Gasteiger partial charge in [-0.25, -0.2) is 0 Å². The monoisotopic (exact) mass is 251 g/mol. The van der Waals surface area contributed by atoms with Crippen LogP contribution in [0.4, 0.5) is 0 Å². The third-order valence-corrected chi connectivity index (χ3v) is 4.40. The molecule has 2 nitrogen and oxygen atoms in total. The molecule has 0 radical (unpaired) electrons. The Morgan fingerprint density at radius 1 is 1.35 bits per heavy atom. The van der Waals surface area contributed by atoms with Crippen LogP contribution >= 0.6 is 11.8 Å². The smallest absolute Gasteiger partial charge is 0.122 e. The van der Waals surface area contributed by atoms with Gasteiger partial charge in [0, 0.05) is 24.1 Å². The second kappa shape index (κ2) is 5.78. The first-order chi connectivity index (χ1) is 8.22. The van der Waals surface area contributed by atoms with Crippen molar-refractivity contribution >= 4 is 11.8 Å². The number of aryl methyl sites for hydroxylation is 2. The van der Waals surface area contributed by atoms with Crippen molar-refractivity contribution in [2.75, 3.05) is 25.4 Å². The minimum atomic E-state index is 0.595. The molecule has 0 saturated carbocycles. The molecule has 0 bridgehead atoms. The first-order valence-corrected chi connectivity index (χ1v) is 7.33. The van der Waals surface area contributed by atoms with Crippen molar-refractivity contribution in [2.45, 2.75) is 26.0 Å². The van der Waals surface area contributed by atoms with Gasteiger partial charge < -0.3 is 10.1 Å². The average molecular weight is 251 g/mol. The molecule has 1 aromatic rings. The molecule has 1 saturated heterocycles. The summed E-state index contributed by atoms with van der Waals surface area (Å²) >= 11 is 2.06. The number of rotatable bonds is 3. The van der Waals surface area contributed by atoms with E-state index in [4.69, 9.17) is 4.74 Å². The lowest BCUT2D eigenvalue weighted by Crippen LogP contribution is -2.28. The number of hydrogen-bond acceptors (Lipinski definition) is 3. The van der Waals surface area contributed by atoms with Gasteiger partial charge in [-0.05, 0) is 43.5 Å². The van der Waals surface area contributed by atoms with Gasteiger partial charge in [-0.15, -0.1) is 0 Å². The Balaban J connectivity index is 2.25. The fraction of sp³-hybridized carbons (Fsp3) is 0.571. The molecule has 1 aliphatic heterocycles. The molecule has 1 aliphatic rings. The molecule has 2 rings (SSSR count). The van der Waals surface area contributed by atoms with Gasteiger partial charge in [-0.1, -0.05) is 6.07 Å². The summed E-state index contributed by atoms with van der Waals surface area (Å²) in [5, 5.41) is 4.06.